The second kappa shape index (κ2) is 5.76. The van der Waals surface area contributed by atoms with Crippen LogP contribution in [0.4, 0.5) is 5.69 Å². The molecule has 0 aromatic heterocycles. The monoisotopic (exact) mass is 282 g/mol. The van der Waals surface area contributed by atoms with Crippen molar-refractivity contribution in [1.29, 1.82) is 0 Å². The summed E-state index contributed by atoms with van der Waals surface area (Å²) in [6, 6.07) is 14.9. The van der Waals surface area contributed by atoms with Crippen molar-refractivity contribution in [3.63, 3.8) is 0 Å². The molecule has 0 atom stereocenters. The maximum Gasteiger partial charge on any atom is 0.225 e. The van der Waals surface area contributed by atoms with Gasteiger partial charge in [0.25, 0.3) is 0 Å². The molecule has 0 spiro atoms. The minimum absolute atomic E-state index is 0.0918. The molecule has 1 saturated heterocycles. The topological polar surface area (TPSA) is 23.6 Å². The predicted octanol–water partition coefficient (Wildman–Crippen LogP) is 3.14. The van der Waals surface area contributed by atoms with E-state index in [0.29, 0.717) is 0 Å². The Morgan fingerprint density at radius 1 is 0.952 bits per heavy atom. The average molecular weight is 282 g/mol. The van der Waals surface area contributed by atoms with Crippen LogP contribution in [-0.2, 0) is 4.79 Å². The van der Waals surface area contributed by atoms with Gasteiger partial charge in [-0.15, -0.1) is 0 Å². The summed E-state index contributed by atoms with van der Waals surface area (Å²) in [5, 5.41) is 2.57. The first kappa shape index (κ1) is 13.9. The lowest BCUT2D eigenvalue weighted by Gasteiger charge is -2.37. The summed E-state index contributed by atoms with van der Waals surface area (Å²) in [6.45, 7) is 7.40. The molecule has 1 heterocycles. The third-order valence-electron chi connectivity index (χ3n) is 4.19. The number of nitrogens with zero attached hydrogens (tertiary/aromatic N) is 2. The van der Waals surface area contributed by atoms with E-state index in [4.69, 9.17) is 0 Å². The zero-order valence-electron chi connectivity index (χ0n) is 12.7. The van der Waals surface area contributed by atoms with Crippen molar-refractivity contribution in [2.24, 2.45) is 5.92 Å². The normalized spacial score (nSPS) is 15.8. The minimum Gasteiger partial charge on any atom is -0.367 e. The fourth-order valence-corrected chi connectivity index (χ4v) is 3.02. The summed E-state index contributed by atoms with van der Waals surface area (Å²) in [5.41, 5.74) is 1.28. The van der Waals surface area contributed by atoms with Crippen LogP contribution in [0.3, 0.4) is 0 Å². The summed E-state index contributed by atoms with van der Waals surface area (Å²) in [7, 11) is 0. The highest BCUT2D eigenvalue weighted by atomic mass is 16.2. The maximum atomic E-state index is 12.1. The van der Waals surface area contributed by atoms with Gasteiger partial charge in [0.2, 0.25) is 5.91 Å². The zero-order valence-corrected chi connectivity index (χ0v) is 12.7. The summed E-state index contributed by atoms with van der Waals surface area (Å²) < 4.78 is 0. The Hall–Kier alpha value is -2.03. The number of amides is 1. The summed E-state index contributed by atoms with van der Waals surface area (Å²) in [5.74, 6) is 0.363. The first-order valence-corrected chi connectivity index (χ1v) is 7.68. The van der Waals surface area contributed by atoms with Gasteiger partial charge in [-0.25, -0.2) is 0 Å². The molecule has 3 nitrogen and oxygen atoms in total. The molecule has 0 saturated carbocycles. The number of hydrogen-bond acceptors (Lipinski definition) is 2. The average Bonchev–Trinajstić information content (AvgIpc) is 2.53. The molecule has 3 rings (SSSR count). The lowest BCUT2D eigenvalue weighted by molar-refractivity contribution is -0.134. The molecule has 110 valence electrons. The van der Waals surface area contributed by atoms with Gasteiger partial charge < -0.3 is 9.80 Å². The Morgan fingerprint density at radius 2 is 1.62 bits per heavy atom. The van der Waals surface area contributed by atoms with Gasteiger partial charge in [-0.3, -0.25) is 4.79 Å². The van der Waals surface area contributed by atoms with E-state index in [1.807, 2.05) is 18.7 Å². The first-order chi connectivity index (χ1) is 10.2. The van der Waals surface area contributed by atoms with Crippen molar-refractivity contribution < 1.29 is 4.79 Å². The zero-order chi connectivity index (χ0) is 14.8. The van der Waals surface area contributed by atoms with Gasteiger partial charge >= 0.3 is 0 Å². The van der Waals surface area contributed by atoms with Crippen LogP contribution in [0.1, 0.15) is 13.8 Å². The van der Waals surface area contributed by atoms with Gasteiger partial charge in [0, 0.05) is 43.2 Å². The van der Waals surface area contributed by atoms with Crippen LogP contribution in [-0.4, -0.2) is 37.0 Å². The highest BCUT2D eigenvalue weighted by Gasteiger charge is 2.23. The Bertz CT molecular complexity index is 637. The molecule has 1 fully saturated rings. The molecule has 0 unspecified atom stereocenters. The molecule has 0 N–H and O–H groups in total. The van der Waals surface area contributed by atoms with Crippen LogP contribution in [0.15, 0.2) is 42.5 Å². The standard InChI is InChI=1S/C18H22N2O/c1-14(2)18(21)20-12-10-19(11-13-20)17-9-5-7-15-6-3-4-8-16(15)17/h3-9,14H,10-13H2,1-2H3. The number of rotatable bonds is 2. The van der Waals surface area contributed by atoms with Crippen LogP contribution < -0.4 is 4.90 Å². The maximum absolute atomic E-state index is 12.1. The van der Waals surface area contributed by atoms with Crippen molar-refractivity contribution in [2.75, 3.05) is 31.1 Å². The molecule has 0 aliphatic carbocycles. The van der Waals surface area contributed by atoms with E-state index in [1.165, 1.54) is 16.5 Å². The number of carbonyl (C=O) groups excluding carboxylic acids is 1. The molecule has 1 amide bonds. The van der Waals surface area contributed by atoms with Crippen molar-refractivity contribution >= 4 is 22.4 Å². The fraction of sp³-hybridized carbons (Fsp3) is 0.389. The molecule has 2 aromatic carbocycles. The van der Waals surface area contributed by atoms with Gasteiger partial charge in [0.05, 0.1) is 0 Å². The lowest BCUT2D eigenvalue weighted by atomic mass is 10.1. The second-order valence-corrected chi connectivity index (χ2v) is 5.97. The quantitative estimate of drug-likeness (QED) is 0.845. The van der Waals surface area contributed by atoms with Crippen LogP contribution in [0.2, 0.25) is 0 Å². The number of piperazine rings is 1. The van der Waals surface area contributed by atoms with E-state index in [-0.39, 0.29) is 11.8 Å². The van der Waals surface area contributed by atoms with Crippen molar-refractivity contribution in [3.05, 3.63) is 42.5 Å². The first-order valence-electron chi connectivity index (χ1n) is 7.68. The van der Waals surface area contributed by atoms with Crippen LogP contribution in [0, 0.1) is 5.92 Å². The molecule has 2 aromatic rings. The predicted molar refractivity (Wildman–Crippen MR) is 87.6 cm³/mol. The number of anilines is 1. The van der Waals surface area contributed by atoms with Crippen LogP contribution in [0.25, 0.3) is 10.8 Å². The minimum atomic E-state index is 0.0918. The second-order valence-electron chi connectivity index (χ2n) is 5.97. The Morgan fingerprint density at radius 3 is 2.33 bits per heavy atom. The largest absolute Gasteiger partial charge is 0.367 e. The molecule has 21 heavy (non-hydrogen) atoms. The molecule has 1 aliphatic rings. The van der Waals surface area contributed by atoms with Crippen molar-refractivity contribution in [2.45, 2.75) is 13.8 Å². The fourth-order valence-electron chi connectivity index (χ4n) is 3.02. The Labute approximate surface area is 126 Å². The lowest BCUT2D eigenvalue weighted by Crippen LogP contribution is -2.49. The van der Waals surface area contributed by atoms with E-state index >= 15 is 0 Å². The third kappa shape index (κ3) is 2.73. The van der Waals surface area contributed by atoms with Crippen molar-refractivity contribution in [1.82, 2.24) is 4.90 Å². The highest BCUT2D eigenvalue weighted by molar-refractivity contribution is 5.94. The molecule has 1 aliphatic heterocycles. The number of carbonyl (C=O) groups is 1. The number of hydrogen-bond donors (Lipinski definition) is 0. The van der Waals surface area contributed by atoms with E-state index < -0.39 is 0 Å². The molecular formula is C18H22N2O. The Kier molecular flexibility index (Phi) is 3.82. The Balaban J connectivity index is 1.79. The molecule has 3 heteroatoms. The summed E-state index contributed by atoms with van der Waals surface area (Å²) in [4.78, 5) is 16.4. The highest BCUT2D eigenvalue weighted by Crippen LogP contribution is 2.27. The molecule has 0 radical (unpaired) electrons. The summed E-state index contributed by atoms with van der Waals surface area (Å²) in [6.07, 6.45) is 0. The molecule has 0 bridgehead atoms. The van der Waals surface area contributed by atoms with E-state index in [0.717, 1.165) is 26.2 Å². The van der Waals surface area contributed by atoms with Crippen LogP contribution in [0.5, 0.6) is 0 Å². The molecular weight excluding hydrogens is 260 g/mol. The van der Waals surface area contributed by atoms with Gasteiger partial charge in [0.15, 0.2) is 0 Å². The smallest absolute Gasteiger partial charge is 0.225 e. The van der Waals surface area contributed by atoms with E-state index in [1.54, 1.807) is 0 Å². The van der Waals surface area contributed by atoms with Crippen LogP contribution >= 0.6 is 0 Å². The van der Waals surface area contributed by atoms with Gasteiger partial charge in [-0.1, -0.05) is 50.2 Å². The SMILES string of the molecule is CC(C)C(=O)N1CCN(c2cccc3ccccc23)CC1. The summed E-state index contributed by atoms with van der Waals surface area (Å²) >= 11 is 0. The van der Waals surface area contributed by atoms with E-state index in [2.05, 4.69) is 47.4 Å². The van der Waals surface area contributed by atoms with Gasteiger partial charge in [-0.2, -0.15) is 0 Å². The number of benzene rings is 2. The van der Waals surface area contributed by atoms with E-state index in [9.17, 15) is 4.79 Å². The van der Waals surface area contributed by atoms with Crippen molar-refractivity contribution in [3.8, 4) is 0 Å². The van der Waals surface area contributed by atoms with Gasteiger partial charge in [-0.05, 0) is 11.5 Å². The number of fused-ring (bicyclic) bond motifs is 1. The van der Waals surface area contributed by atoms with Gasteiger partial charge in [0.1, 0.15) is 0 Å². The third-order valence-corrected chi connectivity index (χ3v) is 4.19.